The molecule has 1 N–H and O–H groups in total. The lowest BCUT2D eigenvalue weighted by atomic mass is 9.91. The van der Waals surface area contributed by atoms with Gasteiger partial charge in [0, 0.05) is 32.1 Å². The number of nitrogens with zero attached hydrogens (tertiary/aromatic N) is 7. The Morgan fingerprint density at radius 1 is 1.05 bits per heavy atom. The van der Waals surface area contributed by atoms with Gasteiger partial charge in [0.05, 0.1) is 24.0 Å². The number of likely N-dealkylation sites (tertiary alicyclic amines) is 1. The second-order valence-electron chi connectivity index (χ2n) is 9.77. The van der Waals surface area contributed by atoms with Crippen molar-refractivity contribution in [1.29, 1.82) is 0 Å². The molecule has 5 aromatic rings. The molecule has 10 nitrogen and oxygen atoms in total. The molecule has 0 unspecified atom stereocenters. The van der Waals surface area contributed by atoms with Gasteiger partial charge in [-0.2, -0.15) is 5.10 Å². The first kappa shape index (κ1) is 24.1. The van der Waals surface area contributed by atoms with Crippen LogP contribution in [-0.2, 0) is 13.1 Å². The fourth-order valence-corrected chi connectivity index (χ4v) is 4.86. The molecule has 1 saturated heterocycles. The Morgan fingerprint density at radius 2 is 1.79 bits per heavy atom. The van der Waals surface area contributed by atoms with E-state index in [1.807, 2.05) is 24.3 Å². The van der Waals surface area contributed by atoms with Gasteiger partial charge in [-0.1, -0.05) is 12.1 Å². The lowest BCUT2D eigenvalue weighted by Crippen LogP contribution is -2.47. The summed E-state index contributed by atoms with van der Waals surface area (Å²) in [6.07, 6.45) is 3.97. The molecular formula is C27H26FN7O3. The van der Waals surface area contributed by atoms with Gasteiger partial charge in [-0.05, 0) is 54.8 Å². The number of hydrogen-bond acceptors (Lipinski definition) is 8. The number of rotatable bonds is 6. The highest BCUT2D eigenvalue weighted by molar-refractivity contribution is 5.74. The van der Waals surface area contributed by atoms with Gasteiger partial charge in [0.15, 0.2) is 5.65 Å². The minimum Gasteiger partial charge on any atom is -0.421 e. The average Bonchev–Trinajstić information content (AvgIpc) is 3.55. The van der Waals surface area contributed by atoms with E-state index in [4.69, 9.17) is 4.42 Å². The Bertz CT molecular complexity index is 1630. The third-order valence-electron chi connectivity index (χ3n) is 7.01. The molecule has 6 rings (SSSR count). The lowest BCUT2D eigenvalue weighted by Gasteiger charge is -2.38. The number of piperidine rings is 1. The van der Waals surface area contributed by atoms with E-state index in [-0.39, 0.29) is 17.9 Å². The van der Waals surface area contributed by atoms with Crippen molar-refractivity contribution in [2.45, 2.75) is 38.5 Å². The van der Waals surface area contributed by atoms with Gasteiger partial charge in [-0.25, -0.2) is 14.1 Å². The van der Waals surface area contributed by atoms with Gasteiger partial charge in [0.2, 0.25) is 11.8 Å². The van der Waals surface area contributed by atoms with Gasteiger partial charge in [0.1, 0.15) is 17.5 Å². The second kappa shape index (κ2) is 9.58. The second-order valence-corrected chi connectivity index (χ2v) is 9.77. The van der Waals surface area contributed by atoms with Gasteiger partial charge in [-0.15, -0.1) is 10.2 Å². The monoisotopic (exact) mass is 515 g/mol. The maximum Gasteiger partial charge on any atom is 0.264 e. The molecule has 0 saturated carbocycles. The Morgan fingerprint density at radius 3 is 2.47 bits per heavy atom. The Labute approximate surface area is 217 Å². The average molecular weight is 516 g/mol. The zero-order valence-electron chi connectivity index (χ0n) is 20.8. The van der Waals surface area contributed by atoms with Crippen molar-refractivity contribution in [3.05, 3.63) is 88.7 Å². The molecule has 1 aliphatic rings. The third-order valence-corrected chi connectivity index (χ3v) is 7.01. The fraction of sp³-hybridized carbons (Fsp3) is 0.296. The Hall–Kier alpha value is -4.22. The molecular weight excluding hydrogens is 489 g/mol. The van der Waals surface area contributed by atoms with Crippen LogP contribution >= 0.6 is 0 Å². The van der Waals surface area contributed by atoms with E-state index in [0.717, 1.165) is 17.7 Å². The minimum absolute atomic E-state index is 0.155. The molecule has 11 heteroatoms. The van der Waals surface area contributed by atoms with Gasteiger partial charge < -0.3 is 9.52 Å². The number of aromatic nitrogens is 6. The summed E-state index contributed by atoms with van der Waals surface area (Å²) in [5, 5.41) is 23.8. The van der Waals surface area contributed by atoms with E-state index in [1.165, 1.54) is 33.9 Å². The summed E-state index contributed by atoms with van der Waals surface area (Å²) < 4.78 is 21.7. The van der Waals surface area contributed by atoms with E-state index in [2.05, 4.69) is 25.2 Å². The molecule has 0 amide bonds. The summed E-state index contributed by atoms with van der Waals surface area (Å²) in [5.74, 6) is 0.680. The van der Waals surface area contributed by atoms with Gasteiger partial charge in [-0.3, -0.25) is 14.3 Å². The molecule has 0 spiro atoms. The van der Waals surface area contributed by atoms with Crippen LogP contribution in [0, 0.1) is 12.7 Å². The van der Waals surface area contributed by atoms with Crippen molar-refractivity contribution < 1.29 is 13.9 Å². The maximum absolute atomic E-state index is 13.3. The summed E-state index contributed by atoms with van der Waals surface area (Å²) >= 11 is 0. The van der Waals surface area contributed by atoms with Crippen LogP contribution < -0.4 is 5.56 Å². The van der Waals surface area contributed by atoms with Crippen molar-refractivity contribution in [2.75, 3.05) is 13.1 Å². The van der Waals surface area contributed by atoms with Crippen molar-refractivity contribution in [2.24, 2.45) is 0 Å². The Kier molecular flexibility index (Phi) is 6.09. The number of aryl methyl sites for hydroxylation is 1. The van der Waals surface area contributed by atoms with E-state index in [9.17, 15) is 14.3 Å². The molecule has 1 aliphatic heterocycles. The first-order chi connectivity index (χ1) is 18.4. The SMILES string of the molecule is Cc1nnc(-c2ccc(CN3CCC(O)(Cn4cnc5c(cnn5-c5ccc(F)cc5)c4=O)CC3)cc2)o1. The molecule has 0 atom stereocenters. The predicted molar refractivity (Wildman–Crippen MR) is 137 cm³/mol. The van der Waals surface area contributed by atoms with Crippen LogP contribution in [0.4, 0.5) is 4.39 Å². The zero-order chi connectivity index (χ0) is 26.3. The van der Waals surface area contributed by atoms with Crippen molar-refractivity contribution in [3.8, 4) is 17.1 Å². The van der Waals surface area contributed by atoms with E-state index in [0.29, 0.717) is 54.4 Å². The molecule has 4 heterocycles. The van der Waals surface area contributed by atoms with E-state index >= 15 is 0 Å². The summed E-state index contributed by atoms with van der Waals surface area (Å²) in [6.45, 7) is 4.08. The minimum atomic E-state index is -1.01. The topological polar surface area (TPSA) is 115 Å². The number of fused-ring (bicyclic) bond motifs is 1. The van der Waals surface area contributed by atoms with Crippen molar-refractivity contribution in [3.63, 3.8) is 0 Å². The lowest BCUT2D eigenvalue weighted by molar-refractivity contribution is -0.0364. The van der Waals surface area contributed by atoms with Crippen LogP contribution in [0.15, 0.2) is 70.3 Å². The number of benzene rings is 2. The molecule has 38 heavy (non-hydrogen) atoms. The number of hydrogen-bond donors (Lipinski definition) is 1. The first-order valence-corrected chi connectivity index (χ1v) is 12.4. The molecule has 194 valence electrons. The first-order valence-electron chi connectivity index (χ1n) is 12.4. The highest BCUT2D eigenvalue weighted by Gasteiger charge is 2.33. The molecule has 0 aliphatic carbocycles. The molecule has 0 bridgehead atoms. The van der Waals surface area contributed by atoms with Crippen LogP contribution in [-0.4, -0.2) is 58.2 Å². The van der Waals surface area contributed by atoms with Crippen molar-refractivity contribution >= 4 is 11.0 Å². The molecule has 3 aromatic heterocycles. The Balaban J connectivity index is 1.11. The van der Waals surface area contributed by atoms with Gasteiger partial charge >= 0.3 is 0 Å². The number of halogens is 1. The quantitative estimate of drug-likeness (QED) is 0.367. The molecule has 2 aromatic carbocycles. The van der Waals surface area contributed by atoms with Crippen LogP contribution in [0.25, 0.3) is 28.2 Å². The normalized spacial score (nSPS) is 15.8. The largest absolute Gasteiger partial charge is 0.421 e. The van der Waals surface area contributed by atoms with E-state index in [1.54, 1.807) is 19.1 Å². The van der Waals surface area contributed by atoms with E-state index < -0.39 is 5.60 Å². The van der Waals surface area contributed by atoms with Crippen LogP contribution in [0.2, 0.25) is 0 Å². The maximum atomic E-state index is 13.3. The standard InChI is InChI=1S/C27H26FN7O3/c1-18-31-32-25(38-18)20-4-2-19(3-5-20)15-33-12-10-27(37,11-13-33)16-34-17-29-24-23(26(34)36)14-30-35(24)22-8-6-21(28)7-9-22/h2-9,14,17,37H,10-13,15-16H2,1H3. The summed E-state index contributed by atoms with van der Waals surface area (Å²) in [4.78, 5) is 19.9. The van der Waals surface area contributed by atoms with Crippen LogP contribution in [0.3, 0.4) is 0 Å². The highest BCUT2D eigenvalue weighted by atomic mass is 19.1. The summed E-state index contributed by atoms with van der Waals surface area (Å²) in [5.41, 5.74) is 1.75. The van der Waals surface area contributed by atoms with Crippen molar-refractivity contribution in [1.82, 2.24) is 34.4 Å². The van der Waals surface area contributed by atoms with Crippen LogP contribution in [0.5, 0.6) is 0 Å². The molecule has 1 fully saturated rings. The highest BCUT2D eigenvalue weighted by Crippen LogP contribution is 2.26. The van der Waals surface area contributed by atoms with Crippen LogP contribution in [0.1, 0.15) is 24.3 Å². The molecule has 0 radical (unpaired) electrons. The predicted octanol–water partition coefficient (Wildman–Crippen LogP) is 3.11. The van der Waals surface area contributed by atoms with Gasteiger partial charge in [0.25, 0.3) is 5.56 Å². The fourth-order valence-electron chi connectivity index (χ4n) is 4.86. The number of aliphatic hydroxyl groups is 1. The summed E-state index contributed by atoms with van der Waals surface area (Å²) in [7, 11) is 0. The zero-order valence-corrected chi connectivity index (χ0v) is 20.8. The summed E-state index contributed by atoms with van der Waals surface area (Å²) in [6, 6.07) is 13.8. The smallest absolute Gasteiger partial charge is 0.264 e. The third kappa shape index (κ3) is 4.73.